The van der Waals surface area contributed by atoms with Gasteiger partial charge in [0.25, 0.3) is 0 Å². The minimum absolute atomic E-state index is 0.0501. The molecule has 7 heteroatoms. The van der Waals surface area contributed by atoms with E-state index < -0.39 is 5.60 Å². The van der Waals surface area contributed by atoms with Crippen molar-refractivity contribution in [2.45, 2.75) is 58.0 Å². The number of carbonyl (C=O) groups is 2. The van der Waals surface area contributed by atoms with Crippen LogP contribution in [-0.2, 0) is 20.8 Å². The Labute approximate surface area is 166 Å². The van der Waals surface area contributed by atoms with E-state index in [1.807, 2.05) is 51.1 Å². The third-order valence-electron chi connectivity index (χ3n) is 4.79. The summed E-state index contributed by atoms with van der Waals surface area (Å²) in [5.41, 5.74) is 0.499. The van der Waals surface area contributed by atoms with Gasteiger partial charge in [0.15, 0.2) is 0 Å². The van der Waals surface area contributed by atoms with E-state index >= 15 is 0 Å². The van der Waals surface area contributed by atoms with Gasteiger partial charge in [-0.15, -0.1) is 0 Å². The molecule has 1 aromatic carbocycles. The second-order valence-electron chi connectivity index (χ2n) is 8.37. The number of nitrogens with zero attached hydrogens (tertiary/aromatic N) is 2. The summed E-state index contributed by atoms with van der Waals surface area (Å²) in [6, 6.07) is 9.66. The van der Waals surface area contributed by atoms with Crippen molar-refractivity contribution in [2.75, 3.05) is 26.2 Å². The monoisotopic (exact) mass is 390 g/mol. The molecule has 2 saturated heterocycles. The normalized spacial score (nSPS) is 18.5. The van der Waals surface area contributed by atoms with E-state index in [0.29, 0.717) is 32.8 Å². The van der Waals surface area contributed by atoms with E-state index in [0.717, 1.165) is 18.4 Å². The molecule has 2 fully saturated rings. The van der Waals surface area contributed by atoms with Crippen molar-refractivity contribution in [3.05, 3.63) is 35.9 Å². The van der Waals surface area contributed by atoms with Crippen molar-refractivity contribution >= 4 is 12.2 Å². The van der Waals surface area contributed by atoms with Gasteiger partial charge in [-0.3, -0.25) is 0 Å². The Morgan fingerprint density at radius 3 is 2.21 bits per heavy atom. The van der Waals surface area contributed by atoms with Gasteiger partial charge in [-0.2, -0.15) is 0 Å². The lowest BCUT2D eigenvalue weighted by Crippen LogP contribution is -2.57. The van der Waals surface area contributed by atoms with Crippen LogP contribution in [0.15, 0.2) is 30.3 Å². The van der Waals surface area contributed by atoms with Gasteiger partial charge in [0.2, 0.25) is 0 Å². The van der Waals surface area contributed by atoms with Crippen LogP contribution < -0.4 is 0 Å². The van der Waals surface area contributed by atoms with Crippen molar-refractivity contribution in [3.63, 3.8) is 0 Å². The minimum Gasteiger partial charge on any atom is -0.445 e. The molecule has 0 N–H and O–H groups in total. The molecule has 0 unspecified atom stereocenters. The Morgan fingerprint density at radius 1 is 0.964 bits per heavy atom. The Morgan fingerprint density at radius 2 is 1.61 bits per heavy atom. The molecule has 7 nitrogen and oxygen atoms in total. The van der Waals surface area contributed by atoms with Crippen LogP contribution in [0.25, 0.3) is 0 Å². The number of ether oxygens (including phenoxy) is 3. The van der Waals surface area contributed by atoms with Crippen molar-refractivity contribution in [2.24, 2.45) is 0 Å². The highest BCUT2D eigenvalue weighted by Crippen LogP contribution is 2.22. The van der Waals surface area contributed by atoms with Crippen LogP contribution in [0.2, 0.25) is 0 Å². The van der Waals surface area contributed by atoms with Gasteiger partial charge in [0.05, 0.1) is 25.3 Å². The lowest BCUT2D eigenvalue weighted by atomic mass is 10.1. The van der Waals surface area contributed by atoms with Crippen LogP contribution in [0, 0.1) is 0 Å². The lowest BCUT2D eigenvalue weighted by Gasteiger charge is -2.42. The smallest absolute Gasteiger partial charge is 0.410 e. The highest BCUT2D eigenvalue weighted by Gasteiger charge is 2.36. The number of hydrogen-bond donors (Lipinski definition) is 0. The van der Waals surface area contributed by atoms with E-state index in [1.54, 1.807) is 9.80 Å². The molecule has 0 radical (unpaired) electrons. The van der Waals surface area contributed by atoms with Crippen LogP contribution >= 0.6 is 0 Å². The summed E-state index contributed by atoms with van der Waals surface area (Å²) >= 11 is 0. The molecule has 0 aromatic heterocycles. The van der Waals surface area contributed by atoms with Gasteiger partial charge in [0, 0.05) is 13.1 Å². The molecule has 0 bridgehead atoms. The maximum absolute atomic E-state index is 12.2. The summed E-state index contributed by atoms with van der Waals surface area (Å²) in [4.78, 5) is 27.5. The molecule has 0 aliphatic carbocycles. The SMILES string of the molecule is CC(C)(C)OC(=O)N1CC(OC2CCN(C(=O)OCc3ccccc3)CC2)C1. The fraction of sp³-hybridized carbons (Fsp3) is 0.619. The number of carbonyl (C=O) groups excluding carboxylic acids is 2. The molecule has 2 heterocycles. The number of amides is 2. The van der Waals surface area contributed by atoms with Crippen molar-refractivity contribution < 1.29 is 23.8 Å². The first-order valence-corrected chi connectivity index (χ1v) is 9.89. The third-order valence-corrected chi connectivity index (χ3v) is 4.79. The first-order chi connectivity index (χ1) is 13.3. The summed E-state index contributed by atoms with van der Waals surface area (Å²) in [5, 5.41) is 0. The first kappa shape index (κ1) is 20.5. The minimum atomic E-state index is -0.481. The number of hydrogen-bond acceptors (Lipinski definition) is 5. The second-order valence-corrected chi connectivity index (χ2v) is 8.37. The van der Waals surface area contributed by atoms with Crippen LogP contribution in [0.1, 0.15) is 39.2 Å². The van der Waals surface area contributed by atoms with E-state index in [9.17, 15) is 9.59 Å². The van der Waals surface area contributed by atoms with E-state index in [1.165, 1.54) is 0 Å². The predicted octanol–water partition coefficient (Wildman–Crippen LogP) is 3.42. The quantitative estimate of drug-likeness (QED) is 0.788. The highest BCUT2D eigenvalue weighted by molar-refractivity contribution is 5.69. The molecular weight excluding hydrogens is 360 g/mol. The molecule has 0 spiro atoms. The van der Waals surface area contributed by atoms with E-state index in [-0.39, 0.29) is 24.4 Å². The number of likely N-dealkylation sites (tertiary alicyclic amines) is 2. The Bertz CT molecular complexity index is 659. The maximum atomic E-state index is 12.2. The first-order valence-electron chi connectivity index (χ1n) is 9.89. The molecular formula is C21H30N2O5. The summed E-state index contributed by atoms with van der Waals surface area (Å²) in [6.07, 6.45) is 1.16. The maximum Gasteiger partial charge on any atom is 0.410 e. The van der Waals surface area contributed by atoms with Crippen LogP contribution in [0.3, 0.4) is 0 Å². The zero-order valence-corrected chi connectivity index (χ0v) is 16.9. The van der Waals surface area contributed by atoms with Crippen LogP contribution in [0.4, 0.5) is 9.59 Å². The van der Waals surface area contributed by atoms with Crippen molar-refractivity contribution in [1.29, 1.82) is 0 Å². The van der Waals surface area contributed by atoms with E-state index in [2.05, 4.69) is 0 Å². The van der Waals surface area contributed by atoms with Crippen molar-refractivity contribution in [1.82, 2.24) is 9.80 Å². The van der Waals surface area contributed by atoms with Crippen molar-refractivity contribution in [3.8, 4) is 0 Å². The molecule has 3 rings (SSSR count). The van der Waals surface area contributed by atoms with Gasteiger partial charge in [0.1, 0.15) is 12.2 Å². The summed E-state index contributed by atoms with van der Waals surface area (Å²) in [7, 11) is 0. The Balaban J connectivity index is 1.32. The molecule has 1 aromatic rings. The van der Waals surface area contributed by atoms with Gasteiger partial charge in [-0.05, 0) is 39.2 Å². The van der Waals surface area contributed by atoms with E-state index in [4.69, 9.17) is 14.2 Å². The number of piperidine rings is 1. The predicted molar refractivity (Wildman–Crippen MR) is 104 cm³/mol. The fourth-order valence-corrected chi connectivity index (χ4v) is 3.26. The summed E-state index contributed by atoms with van der Waals surface area (Å²) < 4.78 is 16.8. The molecule has 28 heavy (non-hydrogen) atoms. The fourth-order valence-electron chi connectivity index (χ4n) is 3.26. The van der Waals surface area contributed by atoms with Gasteiger partial charge >= 0.3 is 12.2 Å². The van der Waals surface area contributed by atoms with Gasteiger partial charge < -0.3 is 24.0 Å². The average Bonchev–Trinajstić information content (AvgIpc) is 2.62. The Hall–Kier alpha value is -2.28. The number of benzene rings is 1. The Kier molecular flexibility index (Phi) is 6.44. The molecule has 2 aliphatic heterocycles. The molecule has 0 saturated carbocycles. The van der Waals surface area contributed by atoms with Gasteiger partial charge in [-0.1, -0.05) is 30.3 Å². The van der Waals surface area contributed by atoms with Gasteiger partial charge in [-0.25, -0.2) is 9.59 Å². The zero-order chi connectivity index (χ0) is 20.1. The summed E-state index contributed by atoms with van der Waals surface area (Å²) in [6.45, 7) is 8.24. The lowest BCUT2D eigenvalue weighted by molar-refractivity contribution is -0.105. The molecule has 2 aliphatic rings. The zero-order valence-electron chi connectivity index (χ0n) is 16.9. The molecule has 154 valence electrons. The van der Waals surface area contributed by atoms with Crippen LogP contribution in [-0.4, -0.2) is 66.0 Å². The molecule has 2 amide bonds. The second kappa shape index (κ2) is 8.82. The largest absolute Gasteiger partial charge is 0.445 e. The molecule has 0 atom stereocenters. The van der Waals surface area contributed by atoms with Crippen LogP contribution in [0.5, 0.6) is 0 Å². The average molecular weight is 390 g/mol. The topological polar surface area (TPSA) is 68.3 Å². The summed E-state index contributed by atoms with van der Waals surface area (Å²) in [5.74, 6) is 0. The standard InChI is InChI=1S/C21H30N2O5/c1-21(2,3)28-20(25)23-13-18(14-23)27-17-9-11-22(12-10-17)19(24)26-15-16-7-5-4-6-8-16/h4-8,17-18H,9-15H2,1-3H3. The third kappa shape index (κ3) is 5.86. The highest BCUT2D eigenvalue weighted by atomic mass is 16.6. The number of rotatable bonds is 4.